The first-order valence-electron chi connectivity index (χ1n) is 5.68. The second kappa shape index (κ2) is 5.48. The highest BCUT2D eigenvalue weighted by Crippen LogP contribution is 2.26. The molecule has 0 aromatic heterocycles. The monoisotopic (exact) mass is 263 g/mol. The number of ether oxygens (including phenoxy) is 1. The maximum Gasteiger partial charge on any atom is 0.157 e. The molecule has 0 heterocycles. The van der Waals surface area contributed by atoms with E-state index in [9.17, 15) is 14.6 Å². The van der Waals surface area contributed by atoms with Crippen molar-refractivity contribution in [3.05, 3.63) is 47.8 Å². The van der Waals surface area contributed by atoms with E-state index >= 15 is 0 Å². The zero-order chi connectivity index (χ0) is 13.8. The molecule has 0 saturated carbocycles. The van der Waals surface area contributed by atoms with Gasteiger partial charge in [0.2, 0.25) is 0 Å². The molecular weight excluding hydrogens is 249 g/mol. The average molecular weight is 263 g/mol. The summed E-state index contributed by atoms with van der Waals surface area (Å²) in [5, 5.41) is 21.5. The number of phenols is 2. The number of aromatic hydroxyl groups is 2. The van der Waals surface area contributed by atoms with Gasteiger partial charge in [-0.15, -0.1) is 0 Å². The van der Waals surface area contributed by atoms with Crippen LogP contribution in [0.1, 0.15) is 5.56 Å². The SMILES string of the molecule is COc1ccc(F)c(NCc2ccc(O)c(O)c2)c1. The molecule has 0 radical (unpaired) electrons. The largest absolute Gasteiger partial charge is 0.504 e. The second-order valence-corrected chi connectivity index (χ2v) is 4.02. The summed E-state index contributed by atoms with van der Waals surface area (Å²) in [6, 6.07) is 8.84. The third-order valence-electron chi connectivity index (χ3n) is 2.70. The van der Waals surface area contributed by atoms with Gasteiger partial charge in [-0.05, 0) is 29.8 Å². The molecule has 0 atom stereocenters. The lowest BCUT2D eigenvalue weighted by molar-refractivity contribution is 0.403. The minimum absolute atomic E-state index is 0.184. The van der Waals surface area contributed by atoms with Crippen molar-refractivity contribution in [1.82, 2.24) is 0 Å². The van der Waals surface area contributed by atoms with Crippen LogP contribution in [-0.2, 0) is 6.54 Å². The van der Waals surface area contributed by atoms with Crippen LogP contribution in [0.5, 0.6) is 17.2 Å². The third-order valence-corrected chi connectivity index (χ3v) is 2.70. The molecule has 0 bridgehead atoms. The zero-order valence-electron chi connectivity index (χ0n) is 10.4. The lowest BCUT2D eigenvalue weighted by Gasteiger charge is -2.10. The first kappa shape index (κ1) is 13.0. The van der Waals surface area contributed by atoms with Crippen LogP contribution in [0.3, 0.4) is 0 Å². The zero-order valence-corrected chi connectivity index (χ0v) is 10.4. The first-order valence-corrected chi connectivity index (χ1v) is 5.68. The van der Waals surface area contributed by atoms with E-state index in [1.807, 2.05) is 0 Å². The van der Waals surface area contributed by atoms with Crippen molar-refractivity contribution in [2.75, 3.05) is 12.4 Å². The quantitative estimate of drug-likeness (QED) is 0.742. The van der Waals surface area contributed by atoms with Crippen LogP contribution in [0, 0.1) is 5.82 Å². The van der Waals surface area contributed by atoms with E-state index < -0.39 is 0 Å². The molecule has 0 unspecified atom stereocenters. The molecule has 2 rings (SSSR count). The topological polar surface area (TPSA) is 61.7 Å². The van der Waals surface area contributed by atoms with Crippen LogP contribution in [0.15, 0.2) is 36.4 Å². The van der Waals surface area contributed by atoms with Gasteiger partial charge in [0.1, 0.15) is 11.6 Å². The van der Waals surface area contributed by atoms with Crippen molar-refractivity contribution >= 4 is 5.69 Å². The lowest BCUT2D eigenvalue weighted by atomic mass is 10.2. The van der Waals surface area contributed by atoms with Gasteiger partial charge in [-0.1, -0.05) is 6.07 Å². The molecule has 3 N–H and O–H groups in total. The van der Waals surface area contributed by atoms with Gasteiger partial charge in [-0.2, -0.15) is 0 Å². The van der Waals surface area contributed by atoms with Gasteiger partial charge >= 0.3 is 0 Å². The fraction of sp³-hybridized carbons (Fsp3) is 0.143. The Bertz CT molecular complexity index is 587. The van der Waals surface area contributed by atoms with Crippen LogP contribution in [0.25, 0.3) is 0 Å². The van der Waals surface area contributed by atoms with Crippen LogP contribution in [0.2, 0.25) is 0 Å². The van der Waals surface area contributed by atoms with Crippen molar-refractivity contribution in [3.8, 4) is 17.2 Å². The van der Waals surface area contributed by atoms with Gasteiger partial charge < -0.3 is 20.3 Å². The summed E-state index contributed by atoms with van der Waals surface area (Å²) in [7, 11) is 1.51. The predicted octanol–water partition coefficient (Wildman–Crippen LogP) is 2.86. The Hall–Kier alpha value is -2.43. The van der Waals surface area contributed by atoms with Gasteiger partial charge in [-0.25, -0.2) is 4.39 Å². The fourth-order valence-electron chi connectivity index (χ4n) is 1.64. The van der Waals surface area contributed by atoms with Crippen LogP contribution >= 0.6 is 0 Å². The molecule has 100 valence electrons. The van der Waals surface area contributed by atoms with E-state index in [0.717, 1.165) is 5.56 Å². The summed E-state index contributed by atoms with van der Waals surface area (Å²) in [5.41, 5.74) is 1.03. The van der Waals surface area contributed by atoms with Crippen molar-refractivity contribution in [1.29, 1.82) is 0 Å². The maximum absolute atomic E-state index is 13.5. The predicted molar refractivity (Wildman–Crippen MR) is 70.1 cm³/mol. The number of methoxy groups -OCH3 is 1. The van der Waals surface area contributed by atoms with Crippen molar-refractivity contribution in [2.24, 2.45) is 0 Å². The highest BCUT2D eigenvalue weighted by Gasteiger charge is 2.05. The number of anilines is 1. The fourth-order valence-corrected chi connectivity index (χ4v) is 1.64. The van der Waals surface area contributed by atoms with E-state index in [4.69, 9.17) is 4.74 Å². The molecule has 0 aliphatic heterocycles. The summed E-state index contributed by atoms with van der Waals surface area (Å²) < 4.78 is 18.6. The number of rotatable bonds is 4. The Morgan fingerprint density at radius 3 is 2.58 bits per heavy atom. The van der Waals surface area contributed by atoms with Gasteiger partial charge in [0.15, 0.2) is 11.5 Å². The van der Waals surface area contributed by atoms with Crippen molar-refractivity contribution < 1.29 is 19.3 Å². The Morgan fingerprint density at radius 1 is 1.11 bits per heavy atom. The molecule has 0 fully saturated rings. The molecule has 2 aromatic rings. The third kappa shape index (κ3) is 3.07. The minimum atomic E-state index is -0.385. The molecule has 2 aromatic carbocycles. The summed E-state index contributed by atoms with van der Waals surface area (Å²) in [6.07, 6.45) is 0. The first-order chi connectivity index (χ1) is 9.10. The lowest BCUT2D eigenvalue weighted by Crippen LogP contribution is -2.01. The number of halogens is 1. The van der Waals surface area contributed by atoms with Crippen LogP contribution in [0.4, 0.5) is 10.1 Å². The van der Waals surface area contributed by atoms with Gasteiger partial charge in [0.05, 0.1) is 12.8 Å². The molecule has 0 aliphatic carbocycles. The molecule has 5 heteroatoms. The van der Waals surface area contributed by atoms with Crippen molar-refractivity contribution in [2.45, 2.75) is 6.54 Å². The Morgan fingerprint density at radius 2 is 1.89 bits per heavy atom. The Kier molecular flexibility index (Phi) is 3.75. The number of hydrogen-bond acceptors (Lipinski definition) is 4. The number of benzene rings is 2. The number of phenolic OH excluding ortho intramolecular Hbond substituents is 2. The van der Waals surface area contributed by atoms with E-state index in [0.29, 0.717) is 18.0 Å². The molecular formula is C14H14FNO3. The summed E-state index contributed by atoms with van der Waals surface area (Å²) >= 11 is 0. The van der Waals surface area contributed by atoms with E-state index in [1.165, 1.54) is 31.4 Å². The summed E-state index contributed by atoms with van der Waals surface area (Å²) in [6.45, 7) is 0.317. The molecule has 19 heavy (non-hydrogen) atoms. The Balaban J connectivity index is 2.11. The highest BCUT2D eigenvalue weighted by molar-refractivity contribution is 5.50. The van der Waals surface area contributed by atoms with Gasteiger partial charge in [0.25, 0.3) is 0 Å². The van der Waals surface area contributed by atoms with Crippen LogP contribution in [-0.4, -0.2) is 17.3 Å². The van der Waals surface area contributed by atoms with Crippen molar-refractivity contribution in [3.63, 3.8) is 0 Å². The number of nitrogens with one attached hydrogen (secondary N) is 1. The standard InChI is InChI=1S/C14H14FNO3/c1-19-10-3-4-11(15)12(7-10)16-8-9-2-5-13(17)14(18)6-9/h2-7,16-18H,8H2,1H3. The van der Waals surface area contributed by atoms with E-state index in [-0.39, 0.29) is 17.3 Å². The smallest absolute Gasteiger partial charge is 0.157 e. The second-order valence-electron chi connectivity index (χ2n) is 4.02. The summed E-state index contributed by atoms with van der Waals surface area (Å²) in [4.78, 5) is 0. The summed E-state index contributed by atoms with van der Waals surface area (Å²) in [5.74, 6) is -0.219. The molecule has 0 spiro atoms. The highest BCUT2D eigenvalue weighted by atomic mass is 19.1. The van der Waals surface area contributed by atoms with Gasteiger partial charge in [-0.3, -0.25) is 0 Å². The Labute approximate surface area is 110 Å². The molecule has 0 aliphatic rings. The van der Waals surface area contributed by atoms with Crippen LogP contribution < -0.4 is 10.1 Å². The molecule has 4 nitrogen and oxygen atoms in total. The van der Waals surface area contributed by atoms with E-state index in [1.54, 1.807) is 12.1 Å². The number of hydrogen-bond donors (Lipinski definition) is 3. The average Bonchev–Trinajstić information content (AvgIpc) is 2.41. The molecule has 0 saturated heterocycles. The van der Waals surface area contributed by atoms with Gasteiger partial charge in [0, 0.05) is 12.6 Å². The molecule has 0 amide bonds. The minimum Gasteiger partial charge on any atom is -0.504 e. The normalized spacial score (nSPS) is 10.2. The maximum atomic E-state index is 13.5. The van der Waals surface area contributed by atoms with E-state index in [2.05, 4.69) is 5.32 Å².